The molecule has 2 atom stereocenters. The van der Waals surface area contributed by atoms with Gasteiger partial charge >= 0.3 is 289 Å². The van der Waals surface area contributed by atoms with Crippen LogP contribution in [0, 0.1) is 11.8 Å². The van der Waals surface area contributed by atoms with E-state index in [4.69, 9.17) is 15.6 Å². The summed E-state index contributed by atoms with van der Waals surface area (Å²) in [5.41, 5.74) is 0. The molecular weight excluding hydrogens is 887 g/mol. The zero-order valence-corrected chi connectivity index (χ0v) is 42.8. The molecule has 11 heteroatoms. The smallest absolute Gasteiger partial charge is 0.0654 e. The molecule has 0 aliphatic carbocycles. The summed E-state index contributed by atoms with van der Waals surface area (Å²) in [7, 11) is 2.61. The van der Waals surface area contributed by atoms with Gasteiger partial charge in [-0.05, 0) is 12.8 Å². The molecule has 0 heterocycles. The number of ether oxygens (including phenoxy) is 2. The summed E-state index contributed by atoms with van der Waals surface area (Å²) in [6, 6.07) is 0. The minimum atomic E-state index is -4.82. The molecule has 0 aromatic carbocycles. The molecule has 59 heavy (non-hydrogen) atoms. The Bertz CT molecular complexity index is 1020. The summed E-state index contributed by atoms with van der Waals surface area (Å²) in [6.45, 7) is 4.50. The van der Waals surface area contributed by atoms with Crippen LogP contribution in [0.15, 0.2) is 24.3 Å². The Morgan fingerprint density at radius 3 is 1.07 bits per heavy atom. The summed E-state index contributed by atoms with van der Waals surface area (Å²) in [4.78, 5) is 52.8. The fourth-order valence-corrected chi connectivity index (χ4v) is 16.3. The van der Waals surface area contributed by atoms with Gasteiger partial charge in [0, 0.05) is 0 Å². The van der Waals surface area contributed by atoms with Crippen LogP contribution >= 0.6 is 25.3 Å². The van der Waals surface area contributed by atoms with Crippen LogP contribution in [0.1, 0.15) is 206 Å². The first kappa shape index (κ1) is 57.9. The van der Waals surface area contributed by atoms with Gasteiger partial charge < -0.3 is 0 Å². The van der Waals surface area contributed by atoms with Crippen LogP contribution in [0.2, 0.25) is 8.87 Å². The Kier molecular flexibility index (Phi) is 41.4. The number of rotatable bonds is 42. The zero-order chi connectivity index (χ0) is 43.7. The average Bonchev–Trinajstić information content (AvgIpc) is 3.23. The normalized spacial score (nSPS) is 12.8. The van der Waals surface area contributed by atoms with Gasteiger partial charge in [0.2, 0.25) is 0 Å². The van der Waals surface area contributed by atoms with Gasteiger partial charge in [0.1, 0.15) is 0 Å². The average molecular weight is 976 g/mol. The Balaban J connectivity index is 5.38. The third-order valence-electron chi connectivity index (χ3n) is 11.2. The van der Waals surface area contributed by atoms with E-state index in [1.807, 2.05) is 0 Å². The fraction of sp³-hybridized carbons (Fsp3) is 0.833. The van der Waals surface area contributed by atoms with Crippen molar-refractivity contribution in [2.45, 2.75) is 215 Å². The number of unbranched alkanes of at least 4 members (excludes halogenated alkanes) is 20. The Morgan fingerprint density at radius 1 is 0.458 bits per heavy atom. The first-order valence-electron chi connectivity index (χ1n) is 23.8. The van der Waals surface area contributed by atoms with Crippen molar-refractivity contribution in [1.82, 2.24) is 0 Å². The van der Waals surface area contributed by atoms with Crippen molar-refractivity contribution in [2.75, 3.05) is 25.7 Å². The number of methoxy groups -OCH3 is 2. The predicted octanol–water partition coefficient (Wildman–Crippen LogP) is 13.8. The third-order valence-corrected chi connectivity index (χ3v) is 20.8. The zero-order valence-electron chi connectivity index (χ0n) is 38.2. The summed E-state index contributed by atoms with van der Waals surface area (Å²) in [5, 5.41) is 0. The molecular formula is C48H88O8S2Sn. The van der Waals surface area contributed by atoms with Crippen LogP contribution in [0.3, 0.4) is 0 Å². The van der Waals surface area contributed by atoms with Gasteiger partial charge in [0.05, 0.1) is 0 Å². The molecule has 0 aromatic rings. The van der Waals surface area contributed by atoms with Crippen LogP contribution < -0.4 is 0 Å². The first-order valence-corrected chi connectivity index (χ1v) is 31.5. The SMILES string of the molecule is CCCCCCCC/C=C\CCCCCCC(CCS)C(=O)[O][Sn]([CH2]CC(=O)OC)([CH2]CC(=O)OC)[O]C(=O)C(CCS)CCCCCC/C=C\CCCCCCCC. The Hall–Kier alpha value is -1.14. The van der Waals surface area contributed by atoms with E-state index < -0.39 is 54.9 Å². The minimum Gasteiger partial charge on any atom is -0.0654 e. The van der Waals surface area contributed by atoms with Crippen molar-refractivity contribution in [3.05, 3.63) is 24.3 Å². The molecule has 0 amide bonds. The number of carbonyl (C=O) groups is 4. The molecule has 0 aliphatic rings. The molecule has 8 nitrogen and oxygen atoms in total. The third kappa shape index (κ3) is 34.1. The van der Waals surface area contributed by atoms with Gasteiger partial charge in [0.15, 0.2) is 0 Å². The van der Waals surface area contributed by atoms with Crippen LogP contribution in [0.4, 0.5) is 0 Å². The Labute approximate surface area is 378 Å². The molecule has 0 aliphatic heterocycles. The number of thiol groups is 2. The molecule has 344 valence electrons. The van der Waals surface area contributed by atoms with Gasteiger partial charge in [-0.15, -0.1) is 0 Å². The van der Waals surface area contributed by atoms with E-state index in [2.05, 4.69) is 63.4 Å². The molecule has 0 saturated heterocycles. The fourth-order valence-electron chi connectivity index (χ4n) is 7.31. The second kappa shape index (κ2) is 42.2. The van der Waals surface area contributed by atoms with Crippen molar-refractivity contribution in [1.29, 1.82) is 0 Å². The molecule has 2 unspecified atom stereocenters. The molecule has 0 rings (SSSR count). The molecule has 0 aromatic heterocycles. The first-order chi connectivity index (χ1) is 28.7. The molecule has 0 bridgehead atoms. The molecule has 0 radical (unpaired) electrons. The van der Waals surface area contributed by atoms with Gasteiger partial charge in [-0.3, -0.25) is 0 Å². The van der Waals surface area contributed by atoms with Crippen molar-refractivity contribution >= 4 is 68.3 Å². The van der Waals surface area contributed by atoms with E-state index in [0.717, 1.165) is 77.0 Å². The van der Waals surface area contributed by atoms with Gasteiger partial charge in [-0.2, -0.15) is 0 Å². The summed E-state index contributed by atoms with van der Waals surface area (Å²) in [5.74, 6) is -1.59. The molecule has 0 N–H and O–H groups in total. The van der Waals surface area contributed by atoms with Gasteiger partial charge in [0.25, 0.3) is 0 Å². The van der Waals surface area contributed by atoms with Crippen LogP contribution in [0.5, 0.6) is 0 Å². The van der Waals surface area contributed by atoms with Crippen LogP contribution in [0.25, 0.3) is 0 Å². The standard InChI is InChI=1S/2C20H38O2S.2C4H7O2.Sn/c2*1-2-3-4-5-6-7-8-9-10-11-12-13-14-15-16-19(17-18-23)20(21)22;2*1-3-4(5)6-2;/h2*9-10,19,23H,2-8,11-18H2,1H3,(H,21,22);2*1,3H2,2H3;/q;;;;+2/p-2/b2*10-9-;;;. The van der Waals surface area contributed by atoms with E-state index >= 15 is 0 Å². The van der Waals surface area contributed by atoms with Crippen LogP contribution in [-0.4, -0.2) is 68.8 Å². The van der Waals surface area contributed by atoms with Crippen molar-refractivity contribution in [2.24, 2.45) is 11.8 Å². The summed E-state index contributed by atoms with van der Waals surface area (Å²) < 4.78 is 22.8. The summed E-state index contributed by atoms with van der Waals surface area (Å²) in [6.07, 6.45) is 40.0. The van der Waals surface area contributed by atoms with Crippen molar-refractivity contribution in [3.63, 3.8) is 0 Å². The number of carbonyl (C=O) groups excluding carboxylic acids is 4. The van der Waals surface area contributed by atoms with Gasteiger partial charge in [-0.25, -0.2) is 0 Å². The maximum atomic E-state index is 14.0. The number of esters is 2. The molecule has 0 spiro atoms. The van der Waals surface area contributed by atoms with Crippen LogP contribution in [-0.2, 0) is 34.8 Å². The topological polar surface area (TPSA) is 105 Å². The molecule has 0 saturated carbocycles. The maximum absolute atomic E-state index is 14.0. The van der Waals surface area contributed by atoms with E-state index in [0.29, 0.717) is 37.2 Å². The molecule has 0 fully saturated rings. The van der Waals surface area contributed by atoms with E-state index in [9.17, 15) is 19.2 Å². The monoisotopic (exact) mass is 976 g/mol. The number of allylic oxidation sites excluding steroid dienone is 4. The Morgan fingerprint density at radius 2 is 0.763 bits per heavy atom. The second-order valence-corrected chi connectivity index (χ2v) is 26.5. The van der Waals surface area contributed by atoms with E-state index in [1.54, 1.807) is 0 Å². The van der Waals surface area contributed by atoms with E-state index in [1.165, 1.54) is 91.3 Å². The minimum absolute atomic E-state index is 0.0659. The number of hydrogen-bond donors (Lipinski definition) is 2. The van der Waals surface area contributed by atoms with Crippen molar-refractivity contribution in [3.8, 4) is 0 Å². The summed E-state index contributed by atoms with van der Waals surface area (Å²) >= 11 is 4.09. The second-order valence-electron chi connectivity index (χ2n) is 16.4. The predicted molar refractivity (Wildman–Crippen MR) is 254 cm³/mol. The number of hydrogen-bond acceptors (Lipinski definition) is 10. The van der Waals surface area contributed by atoms with E-state index in [-0.39, 0.29) is 21.7 Å². The van der Waals surface area contributed by atoms with Crippen molar-refractivity contribution < 1.29 is 34.8 Å². The quantitative estimate of drug-likeness (QED) is 0.0205. The van der Waals surface area contributed by atoms with Gasteiger partial charge in [-0.1, -0.05) is 78.1 Å².